The first-order chi connectivity index (χ1) is 12.1. The molecule has 0 aliphatic rings. The average Bonchev–Trinajstić information content (AvgIpc) is 2.87. The fourth-order valence-corrected chi connectivity index (χ4v) is 2.74. The van der Waals surface area contributed by atoms with Gasteiger partial charge in [-0.25, -0.2) is 4.68 Å². The van der Waals surface area contributed by atoms with Gasteiger partial charge in [-0.05, 0) is 70.4 Å². The molecule has 6 heteroatoms. The van der Waals surface area contributed by atoms with Crippen molar-refractivity contribution in [1.29, 1.82) is 0 Å². The van der Waals surface area contributed by atoms with E-state index in [9.17, 15) is 9.59 Å². The van der Waals surface area contributed by atoms with Crippen LogP contribution in [0, 0.1) is 13.8 Å². The number of benzene rings is 1. The van der Waals surface area contributed by atoms with Crippen LogP contribution in [0.15, 0.2) is 24.3 Å². The van der Waals surface area contributed by atoms with Crippen molar-refractivity contribution in [3.63, 3.8) is 0 Å². The fourth-order valence-electron chi connectivity index (χ4n) is 2.74. The normalized spacial score (nSPS) is 11.4. The van der Waals surface area contributed by atoms with E-state index in [1.54, 1.807) is 16.8 Å². The van der Waals surface area contributed by atoms with Crippen molar-refractivity contribution < 1.29 is 14.7 Å². The van der Waals surface area contributed by atoms with Crippen LogP contribution in [-0.2, 0) is 11.2 Å². The topological polar surface area (TPSA) is 84.2 Å². The van der Waals surface area contributed by atoms with Gasteiger partial charge in [-0.2, -0.15) is 5.10 Å². The number of carbonyl (C=O) groups is 2. The second-order valence-electron chi connectivity index (χ2n) is 7.19. The summed E-state index contributed by atoms with van der Waals surface area (Å²) < 4.78 is 1.80. The Morgan fingerprint density at radius 3 is 2.35 bits per heavy atom. The van der Waals surface area contributed by atoms with Crippen molar-refractivity contribution in [3.8, 4) is 5.69 Å². The third-order valence-electron chi connectivity index (χ3n) is 4.74. The van der Waals surface area contributed by atoms with Crippen molar-refractivity contribution in [1.82, 2.24) is 15.1 Å². The summed E-state index contributed by atoms with van der Waals surface area (Å²) in [6.45, 7) is 9.84. The molecule has 1 aromatic carbocycles. The number of carbonyl (C=O) groups excluding carboxylic acids is 1. The van der Waals surface area contributed by atoms with Gasteiger partial charge in [0.05, 0.1) is 11.4 Å². The Kier molecular flexibility index (Phi) is 5.85. The molecular formula is C20H27N3O3. The smallest absolute Gasteiger partial charge is 0.303 e. The van der Waals surface area contributed by atoms with Crippen LogP contribution in [0.2, 0.25) is 0 Å². The molecule has 1 aromatic heterocycles. The summed E-state index contributed by atoms with van der Waals surface area (Å²) in [5.74, 6) is -0.916. The maximum absolute atomic E-state index is 12.4. The van der Waals surface area contributed by atoms with Crippen molar-refractivity contribution in [3.05, 3.63) is 46.8 Å². The summed E-state index contributed by atoms with van der Waals surface area (Å²) in [5, 5.41) is 16.4. The molecule has 0 unspecified atom stereocenters. The first-order valence-electron chi connectivity index (χ1n) is 8.84. The largest absolute Gasteiger partial charge is 0.481 e. The second kappa shape index (κ2) is 7.72. The summed E-state index contributed by atoms with van der Waals surface area (Å²) >= 11 is 0. The Bertz CT molecular complexity index is 804. The highest BCUT2D eigenvalue weighted by molar-refractivity contribution is 5.94. The quantitative estimate of drug-likeness (QED) is 0.795. The van der Waals surface area contributed by atoms with Crippen molar-refractivity contribution in [2.45, 2.75) is 59.4 Å². The monoisotopic (exact) mass is 357 g/mol. The zero-order chi connectivity index (χ0) is 19.5. The molecular weight excluding hydrogens is 330 g/mol. The van der Waals surface area contributed by atoms with E-state index >= 15 is 0 Å². The van der Waals surface area contributed by atoms with Crippen molar-refractivity contribution in [2.24, 2.45) is 0 Å². The standard InChI is InChI=1S/C20H27N3O3/c1-6-20(4,5)21-19(26)15-7-9-16(10-8-15)23-14(3)17(13(2)22-23)11-12-18(24)25/h7-10H,6,11-12H2,1-5H3,(H,21,26)(H,24,25). The molecule has 1 amide bonds. The van der Waals surface area contributed by atoms with E-state index < -0.39 is 5.97 Å². The molecule has 2 rings (SSSR count). The van der Waals surface area contributed by atoms with Gasteiger partial charge in [-0.3, -0.25) is 9.59 Å². The van der Waals surface area contributed by atoms with Gasteiger partial charge in [0.25, 0.3) is 5.91 Å². The fraction of sp³-hybridized carbons (Fsp3) is 0.450. The van der Waals surface area contributed by atoms with E-state index in [1.165, 1.54) is 0 Å². The van der Waals surface area contributed by atoms with Gasteiger partial charge < -0.3 is 10.4 Å². The van der Waals surface area contributed by atoms with Crippen LogP contribution in [-0.4, -0.2) is 32.3 Å². The van der Waals surface area contributed by atoms with Crippen molar-refractivity contribution >= 4 is 11.9 Å². The molecule has 6 nitrogen and oxygen atoms in total. The number of hydrogen-bond donors (Lipinski definition) is 2. The SMILES string of the molecule is CCC(C)(C)NC(=O)c1ccc(-n2nc(C)c(CCC(=O)O)c2C)cc1. The number of hydrogen-bond acceptors (Lipinski definition) is 3. The predicted octanol–water partition coefficient (Wildman–Crippen LogP) is 3.42. The molecule has 1 heterocycles. The van der Waals surface area contributed by atoms with Gasteiger partial charge in [0.1, 0.15) is 0 Å². The van der Waals surface area contributed by atoms with Crippen molar-refractivity contribution in [2.75, 3.05) is 0 Å². The maximum Gasteiger partial charge on any atom is 0.303 e. The number of aliphatic carboxylic acids is 1. The maximum atomic E-state index is 12.4. The van der Waals surface area contributed by atoms with Crippen LogP contribution in [0.4, 0.5) is 0 Å². The minimum absolute atomic E-state index is 0.0830. The summed E-state index contributed by atoms with van der Waals surface area (Å²) in [6.07, 6.45) is 1.39. The van der Waals surface area contributed by atoms with Gasteiger partial charge in [0.2, 0.25) is 0 Å². The minimum Gasteiger partial charge on any atom is -0.481 e. The molecule has 0 saturated heterocycles. The van der Waals surface area contributed by atoms with Crippen LogP contribution >= 0.6 is 0 Å². The average molecular weight is 357 g/mol. The highest BCUT2D eigenvalue weighted by Gasteiger charge is 2.19. The Morgan fingerprint density at radius 1 is 1.19 bits per heavy atom. The third-order valence-corrected chi connectivity index (χ3v) is 4.74. The van der Waals surface area contributed by atoms with Gasteiger partial charge in [-0.15, -0.1) is 0 Å². The predicted molar refractivity (Wildman–Crippen MR) is 101 cm³/mol. The highest BCUT2D eigenvalue weighted by Crippen LogP contribution is 2.20. The lowest BCUT2D eigenvalue weighted by molar-refractivity contribution is -0.136. The first kappa shape index (κ1) is 19.7. The first-order valence-corrected chi connectivity index (χ1v) is 8.84. The number of aromatic nitrogens is 2. The van der Waals surface area contributed by atoms with Gasteiger partial charge in [0, 0.05) is 23.2 Å². The summed E-state index contributed by atoms with van der Waals surface area (Å²) in [4.78, 5) is 23.2. The molecule has 0 bridgehead atoms. The number of rotatable bonds is 7. The summed E-state index contributed by atoms with van der Waals surface area (Å²) in [7, 11) is 0. The van der Waals surface area contributed by atoms with Crippen LogP contribution in [0.5, 0.6) is 0 Å². The minimum atomic E-state index is -0.818. The number of nitrogens with one attached hydrogen (secondary N) is 1. The lowest BCUT2D eigenvalue weighted by Crippen LogP contribution is -2.42. The lowest BCUT2D eigenvalue weighted by atomic mass is 10.0. The zero-order valence-corrected chi connectivity index (χ0v) is 16.1. The number of carboxylic acids is 1. The second-order valence-corrected chi connectivity index (χ2v) is 7.19. The van der Waals surface area contributed by atoms with E-state index in [-0.39, 0.29) is 17.9 Å². The molecule has 0 spiro atoms. The number of nitrogens with zero attached hydrogens (tertiary/aromatic N) is 2. The molecule has 2 aromatic rings. The molecule has 0 atom stereocenters. The molecule has 2 N–H and O–H groups in total. The molecule has 0 radical (unpaired) electrons. The molecule has 26 heavy (non-hydrogen) atoms. The van der Waals surface area contributed by atoms with Gasteiger partial charge >= 0.3 is 5.97 Å². The van der Waals surface area contributed by atoms with E-state index in [4.69, 9.17) is 5.11 Å². The Balaban J connectivity index is 2.22. The van der Waals surface area contributed by atoms with Crippen LogP contribution in [0.25, 0.3) is 5.69 Å². The Labute approximate surface area is 154 Å². The number of carboxylic acid groups (broad SMARTS) is 1. The summed E-state index contributed by atoms with van der Waals surface area (Å²) in [6, 6.07) is 7.27. The Hall–Kier alpha value is -2.63. The van der Waals surface area contributed by atoms with E-state index in [0.717, 1.165) is 29.1 Å². The highest BCUT2D eigenvalue weighted by atomic mass is 16.4. The molecule has 0 aliphatic heterocycles. The van der Waals surface area contributed by atoms with Gasteiger partial charge in [0.15, 0.2) is 0 Å². The molecule has 0 saturated carbocycles. The molecule has 140 valence electrons. The lowest BCUT2D eigenvalue weighted by Gasteiger charge is -2.24. The van der Waals surface area contributed by atoms with E-state index in [1.807, 2.05) is 46.8 Å². The van der Waals surface area contributed by atoms with Crippen LogP contribution in [0.1, 0.15) is 60.9 Å². The van der Waals surface area contributed by atoms with Crippen LogP contribution in [0.3, 0.4) is 0 Å². The van der Waals surface area contributed by atoms with Crippen LogP contribution < -0.4 is 5.32 Å². The molecule has 0 aliphatic carbocycles. The van der Waals surface area contributed by atoms with E-state index in [0.29, 0.717) is 12.0 Å². The number of amides is 1. The van der Waals surface area contributed by atoms with E-state index in [2.05, 4.69) is 10.4 Å². The zero-order valence-electron chi connectivity index (χ0n) is 16.1. The van der Waals surface area contributed by atoms with Gasteiger partial charge in [-0.1, -0.05) is 6.92 Å². The Morgan fingerprint density at radius 2 is 1.81 bits per heavy atom. The number of aryl methyl sites for hydroxylation is 1. The third kappa shape index (κ3) is 4.50. The molecule has 0 fully saturated rings. The summed E-state index contributed by atoms with van der Waals surface area (Å²) in [5.41, 5.74) is 3.91.